The SMILES string of the molecule is COCc1nc(NN)cc(SCC(C)C)n1. The van der Waals surface area contributed by atoms with Crippen molar-refractivity contribution in [1.82, 2.24) is 9.97 Å². The molecule has 3 N–H and O–H groups in total. The Labute approximate surface area is 100 Å². The quantitative estimate of drug-likeness (QED) is 0.342. The second-order valence-electron chi connectivity index (χ2n) is 3.79. The van der Waals surface area contributed by atoms with E-state index in [-0.39, 0.29) is 0 Å². The van der Waals surface area contributed by atoms with E-state index in [9.17, 15) is 0 Å². The van der Waals surface area contributed by atoms with Crippen molar-refractivity contribution >= 4 is 17.6 Å². The van der Waals surface area contributed by atoms with Crippen LogP contribution in [0.3, 0.4) is 0 Å². The van der Waals surface area contributed by atoms with Crippen LogP contribution in [0.4, 0.5) is 5.82 Å². The summed E-state index contributed by atoms with van der Waals surface area (Å²) >= 11 is 1.70. The lowest BCUT2D eigenvalue weighted by Crippen LogP contribution is -2.11. The number of thioether (sulfide) groups is 1. The van der Waals surface area contributed by atoms with Gasteiger partial charge in [0.05, 0.1) is 0 Å². The van der Waals surface area contributed by atoms with Crippen molar-refractivity contribution < 1.29 is 4.74 Å². The number of nitrogens with two attached hydrogens (primary N) is 1. The van der Waals surface area contributed by atoms with Crippen molar-refractivity contribution in [3.63, 3.8) is 0 Å². The van der Waals surface area contributed by atoms with Crippen molar-refractivity contribution in [1.29, 1.82) is 0 Å². The maximum atomic E-state index is 5.35. The van der Waals surface area contributed by atoms with Crippen LogP contribution < -0.4 is 11.3 Å². The average Bonchev–Trinajstić information content (AvgIpc) is 2.26. The van der Waals surface area contributed by atoms with Gasteiger partial charge in [0.2, 0.25) is 0 Å². The van der Waals surface area contributed by atoms with Gasteiger partial charge in [0.25, 0.3) is 0 Å². The molecule has 90 valence electrons. The Bertz CT molecular complexity index is 333. The van der Waals surface area contributed by atoms with Crippen LogP contribution in [0.25, 0.3) is 0 Å². The van der Waals surface area contributed by atoms with Crippen molar-refractivity contribution in [2.45, 2.75) is 25.5 Å². The van der Waals surface area contributed by atoms with E-state index in [1.54, 1.807) is 18.9 Å². The summed E-state index contributed by atoms with van der Waals surface area (Å²) in [5, 5.41) is 0.920. The first-order valence-electron chi connectivity index (χ1n) is 5.12. The van der Waals surface area contributed by atoms with E-state index < -0.39 is 0 Å². The van der Waals surface area contributed by atoms with Crippen LogP contribution in [-0.2, 0) is 11.3 Å². The summed E-state index contributed by atoms with van der Waals surface area (Å²) in [7, 11) is 1.62. The Morgan fingerprint density at radius 3 is 2.81 bits per heavy atom. The number of hydrogen-bond donors (Lipinski definition) is 2. The number of methoxy groups -OCH3 is 1. The minimum absolute atomic E-state index is 0.394. The molecular formula is C10H18N4OS. The van der Waals surface area contributed by atoms with Crippen molar-refractivity contribution in [2.75, 3.05) is 18.3 Å². The van der Waals surface area contributed by atoms with E-state index in [4.69, 9.17) is 10.6 Å². The standard InChI is InChI=1S/C10H18N4OS/c1-7(2)6-16-10-4-8(14-11)12-9(13-10)5-15-3/h4,7H,5-6,11H2,1-3H3,(H,12,13,14). The largest absolute Gasteiger partial charge is 0.377 e. The molecule has 1 aromatic heterocycles. The van der Waals surface area contributed by atoms with Crippen LogP contribution in [0.15, 0.2) is 11.1 Å². The van der Waals surface area contributed by atoms with E-state index in [0.29, 0.717) is 24.2 Å². The van der Waals surface area contributed by atoms with Gasteiger partial charge in [0.1, 0.15) is 17.5 Å². The molecule has 16 heavy (non-hydrogen) atoms. The van der Waals surface area contributed by atoms with Gasteiger partial charge >= 0.3 is 0 Å². The van der Waals surface area contributed by atoms with Crippen LogP contribution in [0.5, 0.6) is 0 Å². The molecule has 0 radical (unpaired) electrons. The molecule has 0 bridgehead atoms. The molecule has 0 unspecified atom stereocenters. The molecule has 1 heterocycles. The van der Waals surface area contributed by atoms with E-state index in [2.05, 4.69) is 29.2 Å². The minimum Gasteiger partial charge on any atom is -0.377 e. The Hall–Kier alpha value is -0.850. The van der Waals surface area contributed by atoms with Gasteiger partial charge in [-0.1, -0.05) is 13.8 Å². The molecule has 0 aliphatic heterocycles. The molecule has 0 aliphatic rings. The van der Waals surface area contributed by atoms with Crippen LogP contribution >= 0.6 is 11.8 Å². The number of aromatic nitrogens is 2. The van der Waals surface area contributed by atoms with E-state index >= 15 is 0 Å². The second-order valence-corrected chi connectivity index (χ2v) is 4.83. The van der Waals surface area contributed by atoms with Crippen LogP contribution in [0, 0.1) is 5.92 Å². The summed E-state index contributed by atoms with van der Waals surface area (Å²) in [4.78, 5) is 8.56. The number of ether oxygens (including phenoxy) is 1. The molecule has 0 aliphatic carbocycles. The Kier molecular flexibility index (Phi) is 5.51. The van der Waals surface area contributed by atoms with Crippen LogP contribution in [0.1, 0.15) is 19.7 Å². The van der Waals surface area contributed by atoms with Crippen LogP contribution in [0.2, 0.25) is 0 Å². The first-order chi connectivity index (χ1) is 7.65. The highest BCUT2D eigenvalue weighted by Gasteiger charge is 2.05. The smallest absolute Gasteiger partial charge is 0.157 e. The molecule has 1 aromatic rings. The Morgan fingerprint density at radius 2 is 2.25 bits per heavy atom. The predicted octanol–water partition coefficient (Wildman–Crippen LogP) is 1.66. The maximum absolute atomic E-state index is 5.35. The highest BCUT2D eigenvalue weighted by Crippen LogP contribution is 2.20. The number of nitrogens with one attached hydrogen (secondary N) is 1. The van der Waals surface area contributed by atoms with Gasteiger partial charge in [0.15, 0.2) is 5.82 Å². The summed E-state index contributed by atoms with van der Waals surface area (Å²) in [6, 6.07) is 1.84. The van der Waals surface area contributed by atoms with Gasteiger partial charge in [-0.3, -0.25) is 0 Å². The van der Waals surface area contributed by atoms with Crippen molar-refractivity contribution in [3.05, 3.63) is 11.9 Å². The number of hydrogen-bond acceptors (Lipinski definition) is 6. The Morgan fingerprint density at radius 1 is 1.50 bits per heavy atom. The number of hydrazine groups is 1. The molecule has 1 rings (SSSR count). The molecule has 0 amide bonds. The average molecular weight is 242 g/mol. The fourth-order valence-corrected chi connectivity index (χ4v) is 1.94. The van der Waals surface area contributed by atoms with Crippen LogP contribution in [-0.4, -0.2) is 22.8 Å². The summed E-state index contributed by atoms with van der Waals surface area (Å²) in [6.07, 6.45) is 0. The third-order valence-corrected chi connectivity index (χ3v) is 3.07. The molecule has 0 atom stereocenters. The topological polar surface area (TPSA) is 73.1 Å². The monoisotopic (exact) mass is 242 g/mol. The molecule has 0 saturated carbocycles. The predicted molar refractivity (Wildman–Crippen MR) is 66.1 cm³/mol. The first-order valence-corrected chi connectivity index (χ1v) is 6.10. The zero-order chi connectivity index (χ0) is 12.0. The van der Waals surface area contributed by atoms with E-state index in [0.717, 1.165) is 10.8 Å². The summed E-state index contributed by atoms with van der Waals surface area (Å²) in [6.45, 7) is 4.74. The molecule has 5 nitrogen and oxygen atoms in total. The molecule has 0 fully saturated rings. The minimum atomic E-state index is 0.394. The Balaban J connectivity index is 2.77. The van der Waals surface area contributed by atoms with Gasteiger partial charge < -0.3 is 10.2 Å². The molecular weight excluding hydrogens is 224 g/mol. The maximum Gasteiger partial charge on any atom is 0.157 e. The van der Waals surface area contributed by atoms with E-state index in [1.165, 1.54) is 0 Å². The molecule has 0 aromatic carbocycles. The fraction of sp³-hybridized carbons (Fsp3) is 0.600. The number of nitrogens with zero attached hydrogens (tertiary/aromatic N) is 2. The van der Waals surface area contributed by atoms with Gasteiger partial charge in [-0.2, -0.15) is 0 Å². The third kappa shape index (κ3) is 4.34. The van der Waals surface area contributed by atoms with Gasteiger partial charge in [-0.15, -0.1) is 11.8 Å². The lowest BCUT2D eigenvalue weighted by atomic mass is 10.3. The van der Waals surface area contributed by atoms with Gasteiger partial charge in [0, 0.05) is 18.9 Å². The number of rotatable bonds is 6. The highest BCUT2D eigenvalue weighted by atomic mass is 32.2. The summed E-state index contributed by atoms with van der Waals surface area (Å²) in [5.74, 6) is 8.26. The summed E-state index contributed by atoms with van der Waals surface area (Å²) < 4.78 is 5.01. The van der Waals surface area contributed by atoms with Crippen molar-refractivity contribution in [3.8, 4) is 0 Å². The molecule has 6 heteroatoms. The molecule has 0 spiro atoms. The number of anilines is 1. The highest BCUT2D eigenvalue weighted by molar-refractivity contribution is 7.99. The summed E-state index contributed by atoms with van der Waals surface area (Å²) in [5.41, 5.74) is 2.53. The van der Waals surface area contributed by atoms with Gasteiger partial charge in [-0.05, 0) is 5.92 Å². The zero-order valence-corrected chi connectivity index (χ0v) is 10.7. The first kappa shape index (κ1) is 13.2. The van der Waals surface area contributed by atoms with Crippen molar-refractivity contribution in [2.24, 2.45) is 11.8 Å². The lowest BCUT2D eigenvalue weighted by Gasteiger charge is -2.08. The normalized spacial score (nSPS) is 10.8. The molecule has 0 saturated heterocycles. The fourth-order valence-electron chi connectivity index (χ4n) is 1.07. The number of nitrogen functional groups attached to an aromatic ring is 1. The second kappa shape index (κ2) is 6.67. The van der Waals surface area contributed by atoms with Gasteiger partial charge in [-0.25, -0.2) is 15.8 Å². The third-order valence-electron chi connectivity index (χ3n) is 1.73. The lowest BCUT2D eigenvalue weighted by molar-refractivity contribution is 0.177. The zero-order valence-electron chi connectivity index (χ0n) is 9.86. The van der Waals surface area contributed by atoms with E-state index in [1.807, 2.05) is 6.07 Å².